The number of ether oxygens (including phenoxy) is 1. The van der Waals surface area contributed by atoms with Crippen molar-refractivity contribution in [3.63, 3.8) is 0 Å². The number of aromatic nitrogens is 1. The largest absolute Gasteiger partial charge is 0.496 e. The number of nitrogens with zero attached hydrogens (tertiary/aromatic N) is 3. The predicted molar refractivity (Wildman–Crippen MR) is 167 cm³/mol. The first-order valence-electron chi connectivity index (χ1n) is 14.9. The number of carbonyl (C=O) groups excluding carboxylic acids is 3. The predicted octanol–water partition coefficient (Wildman–Crippen LogP) is 4.22. The van der Waals surface area contributed by atoms with E-state index in [4.69, 9.17) is 8.85 Å². The lowest BCUT2D eigenvalue weighted by atomic mass is 10.0. The van der Waals surface area contributed by atoms with E-state index < -0.39 is 30.9 Å². The fourth-order valence-electron chi connectivity index (χ4n) is 5.06. The van der Waals surface area contributed by atoms with Gasteiger partial charge >= 0.3 is 0 Å². The summed E-state index contributed by atoms with van der Waals surface area (Å²) < 4.78 is 29.6. The Morgan fingerprint density at radius 3 is 2.69 bits per heavy atom. The number of halogens is 1. The standard InChI is InChI=1S/C32H32BrN5O4/c1-20(34-2)31(40)36-26-19-37(30(39)15-21-7-6-14-35-17-21)27-8-4-5-9-28(27)38(32(26)41)18-25-24-12-11-23(33)16-22(24)10-13-29(25)42-3/h4-14,16-17,20,26,34H,15,18-19H2,1-3H3,(H,36,40)/t20-,26-/m0/s1/i3D3. The van der Waals surface area contributed by atoms with Gasteiger partial charge in [0.1, 0.15) is 11.8 Å². The van der Waals surface area contributed by atoms with Gasteiger partial charge in [0.15, 0.2) is 0 Å². The molecule has 0 spiro atoms. The molecule has 4 aromatic rings. The molecule has 42 heavy (non-hydrogen) atoms. The van der Waals surface area contributed by atoms with Gasteiger partial charge in [0.05, 0.1) is 48.1 Å². The number of carbonyl (C=O) groups is 3. The molecule has 3 amide bonds. The van der Waals surface area contributed by atoms with Gasteiger partial charge in [0.25, 0.3) is 5.91 Å². The average molecular weight is 634 g/mol. The van der Waals surface area contributed by atoms with Gasteiger partial charge in [-0.1, -0.05) is 46.3 Å². The van der Waals surface area contributed by atoms with Gasteiger partial charge in [0.2, 0.25) is 11.8 Å². The second-order valence-electron chi connectivity index (χ2n) is 10.0. The highest BCUT2D eigenvalue weighted by molar-refractivity contribution is 9.10. The normalized spacial score (nSPS) is 17.0. The molecule has 0 saturated heterocycles. The van der Waals surface area contributed by atoms with Gasteiger partial charge in [-0.2, -0.15) is 0 Å². The summed E-state index contributed by atoms with van der Waals surface area (Å²) in [5.74, 6) is -1.08. The molecular weight excluding hydrogens is 598 g/mol. The third-order valence-corrected chi connectivity index (χ3v) is 7.88. The van der Waals surface area contributed by atoms with E-state index >= 15 is 0 Å². The highest BCUT2D eigenvalue weighted by Crippen LogP contribution is 2.37. The van der Waals surface area contributed by atoms with Crippen LogP contribution < -0.4 is 25.2 Å². The van der Waals surface area contributed by atoms with Crippen molar-refractivity contribution < 1.29 is 23.2 Å². The number of rotatable bonds is 8. The lowest BCUT2D eigenvalue weighted by molar-refractivity contribution is -0.128. The van der Waals surface area contributed by atoms with Gasteiger partial charge in [-0.25, -0.2) is 0 Å². The van der Waals surface area contributed by atoms with E-state index in [-0.39, 0.29) is 31.2 Å². The van der Waals surface area contributed by atoms with E-state index in [9.17, 15) is 14.4 Å². The van der Waals surface area contributed by atoms with Gasteiger partial charge in [-0.3, -0.25) is 19.4 Å². The summed E-state index contributed by atoms with van der Waals surface area (Å²) in [6.07, 6.45) is 3.26. The number of hydrogen-bond acceptors (Lipinski definition) is 6. The van der Waals surface area contributed by atoms with Gasteiger partial charge < -0.3 is 25.2 Å². The summed E-state index contributed by atoms with van der Waals surface area (Å²) in [5, 5.41) is 7.19. The maximum Gasteiger partial charge on any atom is 0.251 e. The molecule has 1 aliphatic rings. The monoisotopic (exact) mass is 632 g/mol. The van der Waals surface area contributed by atoms with Crippen LogP contribution in [-0.4, -0.2) is 55.4 Å². The Morgan fingerprint density at radius 1 is 1.14 bits per heavy atom. The van der Waals surface area contributed by atoms with E-state index in [2.05, 4.69) is 31.5 Å². The third kappa shape index (κ3) is 6.00. The smallest absolute Gasteiger partial charge is 0.251 e. The van der Waals surface area contributed by atoms with Crippen LogP contribution in [0.2, 0.25) is 0 Å². The minimum Gasteiger partial charge on any atom is -0.496 e. The van der Waals surface area contributed by atoms with Crippen molar-refractivity contribution in [2.45, 2.75) is 32.0 Å². The first-order valence-corrected chi connectivity index (χ1v) is 14.2. The van der Waals surface area contributed by atoms with E-state index in [0.717, 1.165) is 9.86 Å². The average Bonchev–Trinajstić information content (AvgIpc) is 3.12. The molecular formula is C32H32BrN5O4. The minimum atomic E-state index is -2.74. The van der Waals surface area contributed by atoms with Crippen molar-refractivity contribution in [2.24, 2.45) is 0 Å². The van der Waals surface area contributed by atoms with Crippen LogP contribution in [0.1, 0.15) is 22.2 Å². The second kappa shape index (κ2) is 12.7. The fraction of sp³-hybridized carbons (Fsp3) is 0.250. The quantitative estimate of drug-likeness (QED) is 0.301. The summed E-state index contributed by atoms with van der Waals surface area (Å²) in [4.78, 5) is 48.5. The molecule has 0 bridgehead atoms. The van der Waals surface area contributed by atoms with E-state index in [0.29, 0.717) is 27.9 Å². The van der Waals surface area contributed by atoms with E-state index in [1.807, 2.05) is 18.2 Å². The van der Waals surface area contributed by atoms with Crippen LogP contribution in [0.3, 0.4) is 0 Å². The Morgan fingerprint density at radius 2 is 1.95 bits per heavy atom. The molecule has 2 atom stereocenters. The van der Waals surface area contributed by atoms with Crippen LogP contribution in [0.4, 0.5) is 11.4 Å². The molecule has 1 aliphatic heterocycles. The fourth-order valence-corrected chi connectivity index (χ4v) is 5.43. The number of benzene rings is 3. The molecule has 0 unspecified atom stereocenters. The SMILES string of the molecule is [2H]C([2H])([2H])Oc1ccc2cc(Br)ccc2c1CN1C(=O)[C@@H](NC(=O)[C@H](C)NC)CN(C(=O)Cc2cccnc2)c2ccccc21. The topological polar surface area (TPSA) is 104 Å². The molecule has 3 aromatic carbocycles. The third-order valence-electron chi connectivity index (χ3n) is 7.39. The number of nitrogens with one attached hydrogen (secondary N) is 2. The zero-order chi connectivity index (χ0) is 32.3. The van der Waals surface area contributed by atoms with Crippen LogP contribution in [-0.2, 0) is 27.3 Å². The summed E-state index contributed by atoms with van der Waals surface area (Å²) in [6.45, 7) is 1.45. The molecule has 2 N–H and O–H groups in total. The highest BCUT2D eigenvalue weighted by atomic mass is 79.9. The van der Waals surface area contributed by atoms with Crippen molar-refractivity contribution in [1.29, 1.82) is 0 Å². The molecule has 216 valence electrons. The molecule has 0 aliphatic carbocycles. The second-order valence-corrected chi connectivity index (χ2v) is 11.0. The highest BCUT2D eigenvalue weighted by Gasteiger charge is 2.37. The van der Waals surface area contributed by atoms with Crippen LogP contribution in [0.25, 0.3) is 10.8 Å². The Balaban J connectivity index is 1.64. The Hall–Kier alpha value is -4.28. The van der Waals surface area contributed by atoms with Crippen molar-refractivity contribution in [1.82, 2.24) is 15.6 Å². The first kappa shape index (κ1) is 25.4. The number of anilines is 2. The Bertz CT molecular complexity index is 1740. The van der Waals surface area contributed by atoms with Crippen LogP contribution in [0.5, 0.6) is 5.75 Å². The van der Waals surface area contributed by atoms with Gasteiger partial charge in [0, 0.05) is 22.4 Å². The van der Waals surface area contributed by atoms with Gasteiger partial charge in [-0.15, -0.1) is 0 Å². The number of amides is 3. The van der Waals surface area contributed by atoms with E-state index in [1.54, 1.807) is 74.9 Å². The maximum atomic E-state index is 14.5. The Kier molecular flexibility index (Phi) is 7.69. The number of methoxy groups -OCH3 is 1. The number of likely N-dealkylation sites (N-methyl/N-ethyl adjacent to an activating group) is 1. The molecule has 10 heteroatoms. The molecule has 0 radical (unpaired) electrons. The van der Waals surface area contributed by atoms with Crippen LogP contribution >= 0.6 is 15.9 Å². The Labute approximate surface area is 257 Å². The lowest BCUT2D eigenvalue weighted by Crippen LogP contribution is -2.55. The zero-order valence-electron chi connectivity index (χ0n) is 26.1. The number of pyridine rings is 1. The van der Waals surface area contributed by atoms with Crippen molar-refractivity contribution in [2.75, 3.05) is 30.4 Å². The molecule has 0 fully saturated rings. The summed E-state index contributed by atoms with van der Waals surface area (Å²) >= 11 is 3.48. The van der Waals surface area contributed by atoms with Crippen LogP contribution in [0, 0.1) is 0 Å². The first-order chi connectivity index (χ1) is 21.4. The number of para-hydroxylation sites is 2. The molecule has 1 aromatic heterocycles. The minimum absolute atomic E-state index is 0.0265. The maximum absolute atomic E-state index is 14.5. The summed E-state index contributed by atoms with van der Waals surface area (Å²) in [7, 11) is -1.11. The van der Waals surface area contributed by atoms with Crippen molar-refractivity contribution in [3.8, 4) is 5.75 Å². The lowest BCUT2D eigenvalue weighted by Gasteiger charge is -2.27. The molecule has 0 saturated carbocycles. The number of hydrogen-bond donors (Lipinski definition) is 2. The zero-order valence-corrected chi connectivity index (χ0v) is 24.7. The molecule has 9 nitrogen and oxygen atoms in total. The van der Waals surface area contributed by atoms with Gasteiger partial charge in [-0.05, 0) is 66.7 Å². The molecule has 2 heterocycles. The number of fused-ring (bicyclic) bond motifs is 2. The summed E-state index contributed by atoms with van der Waals surface area (Å²) in [6, 6.07) is 17.7. The van der Waals surface area contributed by atoms with Crippen molar-refractivity contribution >= 4 is 55.8 Å². The van der Waals surface area contributed by atoms with E-state index in [1.165, 1.54) is 9.80 Å². The molecule has 5 rings (SSSR count). The summed E-state index contributed by atoms with van der Waals surface area (Å²) in [5.41, 5.74) is 2.06. The van der Waals surface area contributed by atoms with Crippen LogP contribution in [0.15, 0.2) is 83.6 Å². The van der Waals surface area contributed by atoms with Crippen molar-refractivity contribution in [3.05, 3.63) is 94.7 Å².